The fourth-order valence-electron chi connectivity index (χ4n) is 3.91. The number of rotatable bonds is 3. The minimum Gasteiger partial charge on any atom is -0.508 e. The Labute approximate surface area is 161 Å². The molecule has 2 heterocycles. The van der Waals surface area contributed by atoms with E-state index in [2.05, 4.69) is 9.47 Å². The third kappa shape index (κ3) is 3.64. The zero-order chi connectivity index (χ0) is 19.7. The first-order valence-corrected chi connectivity index (χ1v) is 9.26. The van der Waals surface area contributed by atoms with Gasteiger partial charge in [0.1, 0.15) is 5.75 Å². The summed E-state index contributed by atoms with van der Waals surface area (Å²) in [5.74, 6) is 0.230. The van der Waals surface area contributed by atoms with Crippen molar-refractivity contribution < 1.29 is 18.3 Å². The zero-order valence-electron chi connectivity index (χ0n) is 15.2. The van der Waals surface area contributed by atoms with Crippen molar-refractivity contribution in [3.05, 3.63) is 89.2 Å². The molecule has 0 saturated heterocycles. The van der Waals surface area contributed by atoms with Gasteiger partial charge in [-0.1, -0.05) is 30.3 Å². The Kier molecular flexibility index (Phi) is 4.89. The van der Waals surface area contributed by atoms with E-state index in [1.165, 1.54) is 0 Å². The summed E-state index contributed by atoms with van der Waals surface area (Å²) in [5, 5.41) is 10.2. The summed E-state index contributed by atoms with van der Waals surface area (Å²) >= 11 is 0. The molecule has 0 spiro atoms. The number of halogens is 3. The Morgan fingerprint density at radius 2 is 1.68 bits per heavy atom. The largest absolute Gasteiger partial charge is 0.508 e. The number of aromatic hydroxyl groups is 1. The molecule has 0 saturated carbocycles. The van der Waals surface area contributed by atoms with Gasteiger partial charge in [0.25, 0.3) is 0 Å². The van der Waals surface area contributed by atoms with E-state index >= 15 is 0 Å². The SMILES string of the molecule is Oc1ccccc1CN1CCCn2cccc2[C@H]1c1ccc(C(F)(F)F)cc1. The molecule has 0 radical (unpaired) electrons. The average Bonchev–Trinajstić information content (AvgIpc) is 3.04. The summed E-state index contributed by atoms with van der Waals surface area (Å²) in [6.07, 6.45) is -1.42. The summed E-state index contributed by atoms with van der Waals surface area (Å²) in [5.41, 5.74) is 2.02. The molecule has 28 heavy (non-hydrogen) atoms. The molecular formula is C22H21F3N2O. The fraction of sp³-hybridized carbons (Fsp3) is 0.273. The van der Waals surface area contributed by atoms with E-state index in [0.29, 0.717) is 6.54 Å². The molecule has 1 aliphatic heterocycles. The molecule has 0 bridgehead atoms. The number of phenolic OH excluding ortho intramolecular Hbond substituents is 1. The normalized spacial score (nSPS) is 17.9. The van der Waals surface area contributed by atoms with Gasteiger partial charge < -0.3 is 9.67 Å². The Hall–Kier alpha value is -2.73. The number of aryl methyl sites for hydroxylation is 1. The van der Waals surface area contributed by atoms with Gasteiger partial charge >= 0.3 is 6.18 Å². The standard InChI is InChI=1S/C22H21F3N2O/c23-22(24,25)18-10-8-16(9-11-18)21-19-6-3-12-26(19)13-4-14-27(21)15-17-5-1-2-7-20(17)28/h1-3,5-12,21,28H,4,13-15H2/t21-/m1/s1. The number of nitrogens with zero attached hydrogens (tertiary/aromatic N) is 2. The van der Waals surface area contributed by atoms with E-state index < -0.39 is 11.7 Å². The monoisotopic (exact) mass is 386 g/mol. The van der Waals surface area contributed by atoms with Crippen molar-refractivity contribution in [3.63, 3.8) is 0 Å². The van der Waals surface area contributed by atoms with Crippen LogP contribution in [-0.2, 0) is 19.3 Å². The van der Waals surface area contributed by atoms with Crippen molar-refractivity contribution in [2.24, 2.45) is 0 Å². The van der Waals surface area contributed by atoms with Crippen LogP contribution >= 0.6 is 0 Å². The number of hydrogen-bond donors (Lipinski definition) is 1. The summed E-state index contributed by atoms with van der Waals surface area (Å²) < 4.78 is 41.1. The van der Waals surface area contributed by atoms with Crippen molar-refractivity contribution in [2.75, 3.05) is 6.54 Å². The molecule has 0 fully saturated rings. The van der Waals surface area contributed by atoms with Crippen LogP contribution in [0.4, 0.5) is 13.2 Å². The number of alkyl halides is 3. The number of para-hydroxylation sites is 1. The highest BCUT2D eigenvalue weighted by atomic mass is 19.4. The molecule has 1 aliphatic rings. The summed E-state index contributed by atoms with van der Waals surface area (Å²) in [6, 6.07) is 16.4. The lowest BCUT2D eigenvalue weighted by molar-refractivity contribution is -0.137. The van der Waals surface area contributed by atoms with Crippen LogP contribution in [0.1, 0.15) is 34.8 Å². The summed E-state index contributed by atoms with van der Waals surface area (Å²) in [7, 11) is 0. The van der Waals surface area contributed by atoms with Gasteiger partial charge in [-0.15, -0.1) is 0 Å². The molecule has 6 heteroatoms. The van der Waals surface area contributed by atoms with Gasteiger partial charge in [0.2, 0.25) is 0 Å². The van der Waals surface area contributed by atoms with Crippen molar-refractivity contribution >= 4 is 0 Å². The highest BCUT2D eigenvalue weighted by Crippen LogP contribution is 2.36. The van der Waals surface area contributed by atoms with E-state index in [1.807, 2.05) is 30.5 Å². The second-order valence-corrected chi connectivity index (χ2v) is 7.10. The molecule has 1 atom stereocenters. The first-order valence-electron chi connectivity index (χ1n) is 9.26. The highest BCUT2D eigenvalue weighted by Gasteiger charge is 2.32. The van der Waals surface area contributed by atoms with E-state index in [9.17, 15) is 18.3 Å². The summed E-state index contributed by atoms with van der Waals surface area (Å²) in [4.78, 5) is 2.22. The second-order valence-electron chi connectivity index (χ2n) is 7.10. The van der Waals surface area contributed by atoms with Gasteiger partial charge in [-0.3, -0.25) is 4.90 Å². The lowest BCUT2D eigenvalue weighted by Crippen LogP contribution is -2.29. The first-order chi connectivity index (χ1) is 13.4. The predicted molar refractivity (Wildman–Crippen MR) is 101 cm³/mol. The Balaban J connectivity index is 1.73. The van der Waals surface area contributed by atoms with Crippen molar-refractivity contribution in [3.8, 4) is 5.75 Å². The van der Waals surface area contributed by atoms with E-state index in [1.54, 1.807) is 24.3 Å². The van der Waals surface area contributed by atoms with E-state index in [-0.39, 0.29) is 11.8 Å². The lowest BCUT2D eigenvalue weighted by atomic mass is 9.99. The van der Waals surface area contributed by atoms with Gasteiger partial charge in [-0.05, 0) is 42.3 Å². The van der Waals surface area contributed by atoms with Crippen LogP contribution < -0.4 is 0 Å². The number of benzene rings is 2. The average molecular weight is 386 g/mol. The molecule has 146 valence electrons. The van der Waals surface area contributed by atoms with Crippen LogP contribution in [0.5, 0.6) is 5.75 Å². The van der Waals surface area contributed by atoms with Crippen molar-refractivity contribution in [1.29, 1.82) is 0 Å². The van der Waals surface area contributed by atoms with E-state index in [4.69, 9.17) is 0 Å². The van der Waals surface area contributed by atoms with Gasteiger partial charge in [0, 0.05) is 37.1 Å². The molecule has 0 aliphatic carbocycles. The quantitative estimate of drug-likeness (QED) is 0.670. The number of hydrogen-bond acceptors (Lipinski definition) is 2. The Bertz CT molecular complexity index is 947. The molecular weight excluding hydrogens is 365 g/mol. The van der Waals surface area contributed by atoms with Gasteiger partial charge in [-0.25, -0.2) is 0 Å². The van der Waals surface area contributed by atoms with Gasteiger partial charge in [0.05, 0.1) is 11.6 Å². The molecule has 2 aromatic carbocycles. The van der Waals surface area contributed by atoms with Crippen LogP contribution in [0, 0.1) is 0 Å². The molecule has 0 unspecified atom stereocenters. The van der Waals surface area contributed by atoms with Crippen molar-refractivity contribution in [2.45, 2.75) is 31.7 Å². The van der Waals surface area contributed by atoms with Gasteiger partial charge in [0.15, 0.2) is 0 Å². The van der Waals surface area contributed by atoms with Crippen LogP contribution in [0.3, 0.4) is 0 Å². The smallest absolute Gasteiger partial charge is 0.416 e. The third-order valence-corrected chi connectivity index (χ3v) is 5.27. The van der Waals surface area contributed by atoms with Crippen LogP contribution in [0.25, 0.3) is 0 Å². The minimum absolute atomic E-state index is 0.181. The Morgan fingerprint density at radius 1 is 0.929 bits per heavy atom. The zero-order valence-corrected chi connectivity index (χ0v) is 15.2. The van der Waals surface area contributed by atoms with Crippen molar-refractivity contribution in [1.82, 2.24) is 9.47 Å². The second kappa shape index (κ2) is 7.36. The highest BCUT2D eigenvalue weighted by molar-refractivity contribution is 5.35. The maximum atomic E-state index is 13.0. The molecule has 1 aromatic heterocycles. The third-order valence-electron chi connectivity index (χ3n) is 5.27. The maximum Gasteiger partial charge on any atom is 0.416 e. The fourth-order valence-corrected chi connectivity index (χ4v) is 3.91. The molecule has 3 aromatic rings. The summed E-state index contributed by atoms with van der Waals surface area (Å²) in [6.45, 7) is 2.15. The van der Waals surface area contributed by atoms with E-state index in [0.717, 1.165) is 48.5 Å². The molecule has 1 N–H and O–H groups in total. The van der Waals surface area contributed by atoms with Crippen LogP contribution in [0.2, 0.25) is 0 Å². The Morgan fingerprint density at radius 3 is 2.39 bits per heavy atom. The topological polar surface area (TPSA) is 28.4 Å². The molecule has 3 nitrogen and oxygen atoms in total. The van der Waals surface area contributed by atoms with Crippen LogP contribution in [-0.4, -0.2) is 21.1 Å². The predicted octanol–water partition coefficient (Wildman–Crippen LogP) is 5.21. The number of aromatic nitrogens is 1. The first kappa shape index (κ1) is 18.6. The number of fused-ring (bicyclic) bond motifs is 1. The van der Waals surface area contributed by atoms with Gasteiger partial charge in [-0.2, -0.15) is 13.2 Å². The lowest BCUT2D eigenvalue weighted by Gasteiger charge is -2.31. The molecule has 4 rings (SSSR count). The molecule has 0 amide bonds. The number of phenols is 1. The minimum atomic E-state index is -4.35. The maximum absolute atomic E-state index is 13.0. The van der Waals surface area contributed by atoms with Crippen LogP contribution in [0.15, 0.2) is 66.9 Å².